The van der Waals surface area contributed by atoms with E-state index in [2.05, 4.69) is 60.7 Å². The van der Waals surface area contributed by atoms with E-state index in [0.29, 0.717) is 0 Å². The minimum atomic E-state index is 0.198. The van der Waals surface area contributed by atoms with Crippen molar-refractivity contribution in [1.29, 1.82) is 0 Å². The van der Waals surface area contributed by atoms with Gasteiger partial charge in [-0.05, 0) is 28.8 Å². The highest BCUT2D eigenvalue weighted by Crippen LogP contribution is 2.30. The first-order valence-corrected chi connectivity index (χ1v) is 6.43. The zero-order valence-electron chi connectivity index (χ0n) is 10.6. The van der Waals surface area contributed by atoms with Gasteiger partial charge in [-0.3, -0.25) is 0 Å². The maximum atomic E-state index is 3.35. The van der Waals surface area contributed by atoms with Gasteiger partial charge < -0.3 is 0 Å². The fraction of sp³-hybridized carbons (Fsp3) is 0.0526. The Bertz CT molecular complexity index is 518. The average Bonchev–Trinajstić information content (AvgIpc) is 2.51. The summed E-state index contributed by atoms with van der Waals surface area (Å²) in [5, 5.41) is 0. The molecule has 0 unspecified atom stereocenters. The van der Waals surface area contributed by atoms with E-state index in [1.165, 1.54) is 16.7 Å². The summed E-state index contributed by atoms with van der Waals surface area (Å²) in [4.78, 5) is 0. The van der Waals surface area contributed by atoms with Crippen LogP contribution >= 0.6 is 0 Å². The molecule has 0 aromatic heterocycles. The molecule has 0 saturated carbocycles. The summed E-state index contributed by atoms with van der Waals surface area (Å²) in [6.45, 7) is 0. The smallest absolute Gasteiger partial charge is 0.0352 e. The van der Waals surface area contributed by atoms with Gasteiger partial charge in [-0.25, -0.2) is 0 Å². The van der Waals surface area contributed by atoms with Gasteiger partial charge in [-0.1, -0.05) is 78.9 Å². The molecule has 90 valence electrons. The van der Waals surface area contributed by atoms with Crippen LogP contribution in [0, 0.1) is 12.1 Å². The van der Waals surface area contributed by atoms with Gasteiger partial charge in [0, 0.05) is 5.92 Å². The van der Waals surface area contributed by atoms with Gasteiger partial charge in [0.15, 0.2) is 0 Å². The lowest BCUT2D eigenvalue weighted by Gasteiger charge is -2.18. The van der Waals surface area contributed by atoms with Crippen molar-refractivity contribution >= 4 is 0 Å². The Morgan fingerprint density at radius 2 is 1.11 bits per heavy atom. The zero-order chi connectivity index (χ0) is 12.9. The molecule has 0 heteroatoms. The van der Waals surface area contributed by atoms with Crippen molar-refractivity contribution in [2.24, 2.45) is 0 Å². The number of benzene rings is 3. The van der Waals surface area contributed by atoms with Crippen molar-refractivity contribution in [3.63, 3.8) is 0 Å². The summed E-state index contributed by atoms with van der Waals surface area (Å²) in [5.74, 6) is 0.198. The standard InChI is InChI=1S/C19H14/c1-4-10-16(11-5-1)19(17-12-6-2-7-13-17)18-14-8-3-9-15-18/h1-12,14,19H. The third-order valence-electron chi connectivity index (χ3n) is 3.22. The maximum Gasteiger partial charge on any atom is 0.0352 e. The van der Waals surface area contributed by atoms with E-state index in [0.717, 1.165) is 0 Å². The van der Waals surface area contributed by atoms with Crippen LogP contribution in [0.5, 0.6) is 0 Å². The van der Waals surface area contributed by atoms with Crippen LogP contribution < -0.4 is 0 Å². The lowest BCUT2D eigenvalue weighted by atomic mass is 9.85. The molecule has 0 N–H and O–H groups in total. The fourth-order valence-corrected chi connectivity index (χ4v) is 2.35. The first-order chi connectivity index (χ1) is 9.45. The summed E-state index contributed by atoms with van der Waals surface area (Å²) in [5.41, 5.74) is 3.62. The Kier molecular flexibility index (Phi) is 3.42. The van der Waals surface area contributed by atoms with Crippen LogP contribution in [0.3, 0.4) is 0 Å². The monoisotopic (exact) mass is 242 g/mol. The van der Waals surface area contributed by atoms with Gasteiger partial charge in [0.25, 0.3) is 0 Å². The van der Waals surface area contributed by atoms with Crippen LogP contribution in [0.2, 0.25) is 0 Å². The molecule has 0 bridgehead atoms. The lowest BCUT2D eigenvalue weighted by molar-refractivity contribution is 0.973. The highest BCUT2D eigenvalue weighted by atomic mass is 14.2. The Balaban J connectivity index is 2.12. The third kappa shape index (κ3) is 2.58. The van der Waals surface area contributed by atoms with Gasteiger partial charge in [0.05, 0.1) is 0 Å². The van der Waals surface area contributed by atoms with Crippen molar-refractivity contribution in [3.8, 4) is 0 Å². The molecule has 3 rings (SSSR count). The molecule has 0 nitrogen and oxygen atoms in total. The van der Waals surface area contributed by atoms with Crippen LogP contribution in [0.25, 0.3) is 0 Å². The second kappa shape index (κ2) is 5.53. The van der Waals surface area contributed by atoms with E-state index in [-0.39, 0.29) is 5.92 Å². The van der Waals surface area contributed by atoms with Crippen molar-refractivity contribution in [3.05, 3.63) is 108 Å². The lowest BCUT2D eigenvalue weighted by Crippen LogP contribution is -2.03. The van der Waals surface area contributed by atoms with E-state index in [9.17, 15) is 0 Å². The van der Waals surface area contributed by atoms with Gasteiger partial charge >= 0.3 is 0 Å². The van der Waals surface area contributed by atoms with Crippen LogP contribution in [0.15, 0.2) is 78.9 Å². The predicted molar refractivity (Wildman–Crippen MR) is 77.9 cm³/mol. The Labute approximate surface area is 114 Å². The first-order valence-electron chi connectivity index (χ1n) is 6.43. The molecule has 2 radical (unpaired) electrons. The largest absolute Gasteiger partial charge is 0.0622 e. The van der Waals surface area contributed by atoms with Gasteiger partial charge in [0.2, 0.25) is 0 Å². The van der Waals surface area contributed by atoms with Crippen LogP contribution in [0.1, 0.15) is 22.6 Å². The normalized spacial score (nSPS) is 10.6. The number of hydrogen-bond acceptors (Lipinski definition) is 0. The highest BCUT2D eigenvalue weighted by molar-refractivity contribution is 5.41. The molecule has 0 amide bonds. The molecule has 0 atom stereocenters. The van der Waals surface area contributed by atoms with Crippen LogP contribution in [-0.2, 0) is 0 Å². The molecule has 0 aliphatic rings. The average molecular weight is 242 g/mol. The fourth-order valence-electron chi connectivity index (χ4n) is 2.35. The molecule has 3 aromatic carbocycles. The van der Waals surface area contributed by atoms with Gasteiger partial charge in [-0.2, -0.15) is 0 Å². The minimum Gasteiger partial charge on any atom is -0.0622 e. The topological polar surface area (TPSA) is 0 Å². The molecule has 3 aromatic rings. The summed E-state index contributed by atoms with van der Waals surface area (Å²) in [6, 6.07) is 33.5. The van der Waals surface area contributed by atoms with Crippen molar-refractivity contribution in [2.45, 2.75) is 5.92 Å². The highest BCUT2D eigenvalue weighted by Gasteiger charge is 2.15. The Morgan fingerprint density at radius 3 is 1.58 bits per heavy atom. The summed E-state index contributed by atoms with van der Waals surface area (Å²) >= 11 is 0. The second-order valence-corrected chi connectivity index (χ2v) is 4.48. The van der Waals surface area contributed by atoms with Crippen molar-refractivity contribution in [2.75, 3.05) is 0 Å². The predicted octanol–water partition coefficient (Wildman–Crippen LogP) is 4.47. The molecule has 19 heavy (non-hydrogen) atoms. The Morgan fingerprint density at radius 1 is 0.579 bits per heavy atom. The van der Waals surface area contributed by atoms with Crippen molar-refractivity contribution < 1.29 is 0 Å². The SMILES string of the molecule is [c]1ccccc1C(c1[c]cccc1)c1ccccc1. The quantitative estimate of drug-likeness (QED) is 0.594. The Hall–Kier alpha value is -2.34. The van der Waals surface area contributed by atoms with E-state index in [1.54, 1.807) is 0 Å². The second-order valence-electron chi connectivity index (χ2n) is 4.48. The summed E-state index contributed by atoms with van der Waals surface area (Å²) in [6.07, 6.45) is 0. The number of rotatable bonds is 3. The van der Waals surface area contributed by atoms with Gasteiger partial charge in [-0.15, -0.1) is 0 Å². The molecular weight excluding hydrogens is 228 g/mol. The molecule has 0 aliphatic heterocycles. The van der Waals surface area contributed by atoms with Gasteiger partial charge in [0.1, 0.15) is 0 Å². The summed E-state index contributed by atoms with van der Waals surface area (Å²) in [7, 11) is 0. The van der Waals surface area contributed by atoms with Crippen molar-refractivity contribution in [1.82, 2.24) is 0 Å². The number of hydrogen-bond donors (Lipinski definition) is 0. The molecule has 0 heterocycles. The summed E-state index contributed by atoms with van der Waals surface area (Å²) < 4.78 is 0. The minimum absolute atomic E-state index is 0.198. The van der Waals surface area contributed by atoms with E-state index in [1.807, 2.05) is 30.3 Å². The molecule has 0 saturated heterocycles. The molecule has 0 fully saturated rings. The molecular formula is C19H14. The van der Waals surface area contributed by atoms with Crippen LogP contribution in [-0.4, -0.2) is 0 Å². The van der Waals surface area contributed by atoms with E-state index >= 15 is 0 Å². The van der Waals surface area contributed by atoms with Crippen LogP contribution in [0.4, 0.5) is 0 Å². The van der Waals surface area contributed by atoms with E-state index < -0.39 is 0 Å². The molecule has 0 aliphatic carbocycles. The first kappa shape index (κ1) is 11.7. The third-order valence-corrected chi connectivity index (χ3v) is 3.22. The van der Waals surface area contributed by atoms with E-state index in [4.69, 9.17) is 0 Å². The molecule has 0 spiro atoms. The maximum absolute atomic E-state index is 3.35. The zero-order valence-corrected chi connectivity index (χ0v) is 10.6.